The molecule has 0 spiro atoms. The van der Waals surface area contributed by atoms with E-state index < -0.39 is 18.2 Å². The van der Waals surface area contributed by atoms with Crippen molar-refractivity contribution in [3.63, 3.8) is 0 Å². The van der Waals surface area contributed by atoms with E-state index in [4.69, 9.17) is 4.74 Å². The molecular weight excluding hydrogens is 671 g/mol. The fourth-order valence-corrected chi connectivity index (χ4v) is 7.11. The van der Waals surface area contributed by atoms with Gasteiger partial charge in [-0.05, 0) is 70.6 Å². The summed E-state index contributed by atoms with van der Waals surface area (Å²) in [5.74, 6) is -0.496. The van der Waals surface area contributed by atoms with E-state index in [9.17, 15) is 19.8 Å². The third kappa shape index (κ3) is 37.3. The molecule has 0 bridgehead atoms. The van der Waals surface area contributed by atoms with E-state index in [1.165, 1.54) is 128 Å². The maximum absolute atomic E-state index is 13.1. The van der Waals surface area contributed by atoms with Crippen LogP contribution in [0, 0.1) is 0 Å². The Morgan fingerprint density at radius 2 is 0.907 bits per heavy atom. The monoisotopic (exact) mass is 762 g/mol. The number of aliphatic hydroxyl groups excluding tert-OH is 2. The summed E-state index contributed by atoms with van der Waals surface area (Å²) >= 11 is 0. The second kappa shape index (κ2) is 42.5. The summed E-state index contributed by atoms with van der Waals surface area (Å²) in [6.07, 6.45) is 46.6. The van der Waals surface area contributed by atoms with Crippen LogP contribution >= 0.6 is 0 Å². The number of carbonyl (C=O) groups is 2. The molecule has 3 atom stereocenters. The molecular formula is C48H91NO5. The predicted molar refractivity (Wildman–Crippen MR) is 232 cm³/mol. The molecule has 3 N–H and O–H groups in total. The first-order chi connectivity index (χ1) is 26.5. The second-order valence-corrected chi connectivity index (χ2v) is 16.2. The van der Waals surface area contributed by atoms with Crippen molar-refractivity contribution in [3.05, 3.63) is 24.3 Å². The van der Waals surface area contributed by atoms with Gasteiger partial charge in [0.05, 0.1) is 25.2 Å². The smallest absolute Gasteiger partial charge is 0.306 e. The molecule has 0 aliphatic heterocycles. The number of ether oxygens (including phenoxy) is 1. The van der Waals surface area contributed by atoms with Crippen molar-refractivity contribution in [1.82, 2.24) is 5.32 Å². The molecule has 6 heteroatoms. The number of hydrogen-bond donors (Lipinski definition) is 3. The Labute approximate surface area is 335 Å². The SMILES string of the molecule is CCCC/C=C\CCCCCCCC(=O)OC(CCCCC/C=C\CCCCC)CC(=O)NC(CO)C(O)CCCCCCCCCCCCCCCC. The summed E-state index contributed by atoms with van der Waals surface area (Å²) in [6.45, 7) is 6.41. The molecule has 54 heavy (non-hydrogen) atoms. The average molecular weight is 762 g/mol. The Kier molecular flexibility index (Phi) is 41.2. The number of amides is 1. The fraction of sp³-hybridized carbons (Fsp3) is 0.875. The first-order valence-electron chi connectivity index (χ1n) is 23.6. The predicted octanol–water partition coefficient (Wildman–Crippen LogP) is 13.6. The van der Waals surface area contributed by atoms with Crippen LogP contribution in [-0.4, -0.2) is 46.9 Å². The van der Waals surface area contributed by atoms with Crippen LogP contribution in [0.25, 0.3) is 0 Å². The van der Waals surface area contributed by atoms with Gasteiger partial charge < -0.3 is 20.3 Å². The van der Waals surface area contributed by atoms with Crippen LogP contribution in [0.5, 0.6) is 0 Å². The molecule has 3 unspecified atom stereocenters. The van der Waals surface area contributed by atoms with Crippen LogP contribution in [0.2, 0.25) is 0 Å². The highest BCUT2D eigenvalue weighted by molar-refractivity contribution is 5.77. The van der Waals surface area contributed by atoms with Gasteiger partial charge in [0.2, 0.25) is 5.91 Å². The van der Waals surface area contributed by atoms with E-state index in [0.717, 1.165) is 70.6 Å². The van der Waals surface area contributed by atoms with Crippen LogP contribution < -0.4 is 5.32 Å². The van der Waals surface area contributed by atoms with E-state index >= 15 is 0 Å². The van der Waals surface area contributed by atoms with Crippen molar-refractivity contribution in [3.8, 4) is 0 Å². The summed E-state index contributed by atoms with van der Waals surface area (Å²) in [5.41, 5.74) is 0. The lowest BCUT2D eigenvalue weighted by molar-refractivity contribution is -0.151. The number of esters is 1. The minimum atomic E-state index is -0.788. The lowest BCUT2D eigenvalue weighted by Gasteiger charge is -2.24. The zero-order valence-electron chi connectivity index (χ0n) is 36.1. The van der Waals surface area contributed by atoms with E-state index in [1.807, 2.05) is 0 Å². The largest absolute Gasteiger partial charge is 0.462 e. The molecule has 0 aromatic heterocycles. The second-order valence-electron chi connectivity index (χ2n) is 16.2. The molecule has 0 aliphatic rings. The maximum Gasteiger partial charge on any atom is 0.306 e. The highest BCUT2D eigenvalue weighted by atomic mass is 16.5. The number of allylic oxidation sites excluding steroid dienone is 4. The van der Waals surface area contributed by atoms with E-state index in [2.05, 4.69) is 50.4 Å². The number of aliphatic hydroxyl groups is 2. The number of unbranched alkanes of at least 4 members (excludes halogenated alkanes) is 26. The highest BCUT2D eigenvalue weighted by Crippen LogP contribution is 2.17. The molecule has 0 aliphatic carbocycles. The normalized spacial score (nSPS) is 13.5. The number of hydrogen-bond acceptors (Lipinski definition) is 5. The van der Waals surface area contributed by atoms with E-state index in [1.54, 1.807) is 0 Å². The Morgan fingerprint density at radius 1 is 0.519 bits per heavy atom. The van der Waals surface area contributed by atoms with Crippen molar-refractivity contribution < 1.29 is 24.5 Å². The van der Waals surface area contributed by atoms with Crippen molar-refractivity contribution in [2.75, 3.05) is 6.61 Å². The van der Waals surface area contributed by atoms with Crippen molar-refractivity contribution >= 4 is 11.9 Å². The van der Waals surface area contributed by atoms with Crippen LogP contribution in [0.15, 0.2) is 24.3 Å². The van der Waals surface area contributed by atoms with Gasteiger partial charge in [-0.1, -0.05) is 186 Å². The molecule has 0 radical (unpaired) electrons. The Morgan fingerprint density at radius 3 is 1.43 bits per heavy atom. The summed E-state index contributed by atoms with van der Waals surface area (Å²) in [4.78, 5) is 25.9. The first kappa shape index (κ1) is 52.3. The molecule has 6 nitrogen and oxygen atoms in total. The fourth-order valence-electron chi connectivity index (χ4n) is 7.11. The third-order valence-corrected chi connectivity index (χ3v) is 10.8. The van der Waals surface area contributed by atoms with Crippen molar-refractivity contribution in [2.24, 2.45) is 0 Å². The molecule has 0 fully saturated rings. The summed E-state index contributed by atoms with van der Waals surface area (Å²) < 4.78 is 5.88. The topological polar surface area (TPSA) is 95.9 Å². The maximum atomic E-state index is 13.1. The van der Waals surface area contributed by atoms with Crippen LogP contribution in [0.3, 0.4) is 0 Å². The molecule has 0 rings (SSSR count). The average Bonchev–Trinajstić information content (AvgIpc) is 3.16. The van der Waals surface area contributed by atoms with Crippen molar-refractivity contribution in [2.45, 2.75) is 264 Å². The molecule has 0 aromatic rings. The molecule has 0 heterocycles. The lowest BCUT2D eigenvalue weighted by atomic mass is 10.0. The number of rotatable bonds is 42. The molecule has 1 amide bonds. The summed E-state index contributed by atoms with van der Waals surface area (Å²) in [6, 6.07) is -0.702. The van der Waals surface area contributed by atoms with Gasteiger partial charge in [0, 0.05) is 6.42 Å². The van der Waals surface area contributed by atoms with Gasteiger partial charge in [-0.15, -0.1) is 0 Å². The molecule has 0 aromatic carbocycles. The molecule has 0 saturated heterocycles. The summed E-state index contributed by atoms with van der Waals surface area (Å²) in [7, 11) is 0. The lowest BCUT2D eigenvalue weighted by Crippen LogP contribution is -2.46. The molecule has 318 valence electrons. The number of carbonyl (C=O) groups excluding carboxylic acids is 2. The third-order valence-electron chi connectivity index (χ3n) is 10.8. The van der Waals surface area contributed by atoms with Gasteiger partial charge >= 0.3 is 5.97 Å². The minimum Gasteiger partial charge on any atom is -0.462 e. The van der Waals surface area contributed by atoms with Gasteiger partial charge in [-0.2, -0.15) is 0 Å². The Hall–Kier alpha value is -1.66. The highest BCUT2D eigenvalue weighted by Gasteiger charge is 2.24. The van der Waals surface area contributed by atoms with Gasteiger partial charge in [0.15, 0.2) is 0 Å². The minimum absolute atomic E-state index is 0.0664. The van der Waals surface area contributed by atoms with Gasteiger partial charge in [0.25, 0.3) is 0 Å². The van der Waals surface area contributed by atoms with E-state index in [-0.39, 0.29) is 24.9 Å². The Bertz CT molecular complexity index is 858. The van der Waals surface area contributed by atoms with Crippen LogP contribution in [0.4, 0.5) is 0 Å². The quantitative estimate of drug-likeness (QED) is 0.0327. The Balaban J connectivity index is 4.52. The zero-order valence-corrected chi connectivity index (χ0v) is 36.1. The van der Waals surface area contributed by atoms with Crippen molar-refractivity contribution in [1.29, 1.82) is 0 Å². The summed E-state index contributed by atoms with van der Waals surface area (Å²) in [5, 5.41) is 23.7. The van der Waals surface area contributed by atoms with Gasteiger partial charge in [-0.25, -0.2) is 0 Å². The van der Waals surface area contributed by atoms with E-state index in [0.29, 0.717) is 19.3 Å². The van der Waals surface area contributed by atoms with Gasteiger partial charge in [0.1, 0.15) is 6.10 Å². The molecule has 0 saturated carbocycles. The number of nitrogens with one attached hydrogen (secondary N) is 1. The van der Waals surface area contributed by atoms with Gasteiger partial charge in [-0.3, -0.25) is 9.59 Å². The van der Waals surface area contributed by atoms with Crippen LogP contribution in [0.1, 0.15) is 245 Å². The first-order valence-corrected chi connectivity index (χ1v) is 23.6. The standard InChI is InChI=1S/C48H91NO5/c1-4-7-10-13-16-19-22-23-24-26-28-31-34-37-40-46(51)45(43-50)49-47(52)42-44(39-36-33-30-27-21-18-15-12-9-6-3)54-48(53)41-38-35-32-29-25-20-17-14-11-8-5-2/h14,17-18,21,44-46,50-51H,4-13,15-16,19-20,22-43H2,1-3H3,(H,49,52)/b17-14-,21-18-. The van der Waals surface area contributed by atoms with Crippen LogP contribution in [-0.2, 0) is 14.3 Å². The zero-order chi connectivity index (χ0) is 39.6.